The summed E-state index contributed by atoms with van der Waals surface area (Å²) in [7, 11) is 0. The number of amides is 1. The van der Waals surface area contributed by atoms with E-state index < -0.39 is 0 Å². The Bertz CT molecular complexity index is 984. The van der Waals surface area contributed by atoms with Crippen molar-refractivity contribution < 1.29 is 4.79 Å². The van der Waals surface area contributed by atoms with E-state index in [1.807, 2.05) is 19.1 Å². The molecule has 1 aromatic carbocycles. The second-order valence-electron chi connectivity index (χ2n) is 7.23. The van der Waals surface area contributed by atoms with Gasteiger partial charge >= 0.3 is 0 Å². The van der Waals surface area contributed by atoms with E-state index in [1.165, 1.54) is 0 Å². The number of benzene rings is 1. The Balaban J connectivity index is 1.98. The Morgan fingerprint density at radius 2 is 2.04 bits per heavy atom. The van der Waals surface area contributed by atoms with E-state index in [1.54, 1.807) is 29.3 Å². The third kappa shape index (κ3) is 4.47. The third-order valence-corrected chi connectivity index (χ3v) is 4.97. The quantitative estimate of drug-likeness (QED) is 0.512. The van der Waals surface area contributed by atoms with E-state index in [-0.39, 0.29) is 5.91 Å². The molecule has 0 unspecified atom stereocenters. The minimum absolute atomic E-state index is 0.148. The summed E-state index contributed by atoms with van der Waals surface area (Å²) in [6.45, 7) is 8.12. The van der Waals surface area contributed by atoms with Crippen LogP contribution in [0.5, 0.6) is 0 Å². The molecule has 0 aliphatic rings. The molecule has 0 radical (unpaired) electrons. The van der Waals surface area contributed by atoms with Crippen molar-refractivity contribution in [2.24, 2.45) is 5.92 Å². The summed E-state index contributed by atoms with van der Waals surface area (Å²) in [5, 5.41) is 0.883. The van der Waals surface area contributed by atoms with Crippen LogP contribution in [-0.4, -0.2) is 31.9 Å². The number of rotatable bonds is 7. The van der Waals surface area contributed by atoms with Gasteiger partial charge in [0.05, 0.1) is 17.1 Å². The van der Waals surface area contributed by atoms with Gasteiger partial charge in [0, 0.05) is 24.3 Å². The van der Waals surface area contributed by atoms with Gasteiger partial charge in [0.1, 0.15) is 11.3 Å². The second-order valence-corrected chi connectivity index (χ2v) is 8.07. The molecular formula is C21H24Cl2N4O. The molecule has 0 atom stereocenters. The van der Waals surface area contributed by atoms with E-state index in [2.05, 4.69) is 23.4 Å². The average Bonchev–Trinajstić information content (AvgIpc) is 2.99. The van der Waals surface area contributed by atoms with Crippen molar-refractivity contribution >= 4 is 40.3 Å². The van der Waals surface area contributed by atoms with Crippen molar-refractivity contribution in [3.63, 3.8) is 0 Å². The van der Waals surface area contributed by atoms with Crippen molar-refractivity contribution in [1.29, 1.82) is 0 Å². The lowest BCUT2D eigenvalue weighted by atomic mass is 10.2. The molecule has 0 fully saturated rings. The summed E-state index contributed by atoms with van der Waals surface area (Å²) < 4.78 is 2.11. The van der Waals surface area contributed by atoms with Crippen molar-refractivity contribution in [1.82, 2.24) is 19.4 Å². The van der Waals surface area contributed by atoms with Crippen LogP contribution in [0.4, 0.5) is 0 Å². The predicted octanol–water partition coefficient (Wildman–Crippen LogP) is 5.45. The first-order valence-corrected chi connectivity index (χ1v) is 10.2. The van der Waals surface area contributed by atoms with E-state index in [4.69, 9.17) is 28.2 Å². The molecule has 0 aliphatic carbocycles. The molecule has 3 aromatic rings. The van der Waals surface area contributed by atoms with Gasteiger partial charge < -0.3 is 9.47 Å². The number of imidazole rings is 1. The Morgan fingerprint density at radius 3 is 2.75 bits per heavy atom. The van der Waals surface area contributed by atoms with Crippen molar-refractivity contribution in [2.45, 2.75) is 40.3 Å². The molecule has 148 valence electrons. The zero-order valence-corrected chi connectivity index (χ0v) is 17.8. The highest BCUT2D eigenvalue weighted by atomic mass is 35.5. The summed E-state index contributed by atoms with van der Waals surface area (Å²) >= 11 is 12.4. The van der Waals surface area contributed by atoms with Gasteiger partial charge in [-0.2, -0.15) is 0 Å². The Morgan fingerprint density at radius 1 is 1.25 bits per heavy atom. The summed E-state index contributed by atoms with van der Waals surface area (Å²) in [6, 6.07) is 8.77. The third-order valence-electron chi connectivity index (χ3n) is 4.40. The number of carbonyl (C=O) groups excluding carboxylic acids is 1. The normalized spacial score (nSPS) is 11.4. The molecule has 0 spiro atoms. The lowest BCUT2D eigenvalue weighted by Crippen LogP contribution is -2.33. The van der Waals surface area contributed by atoms with Crippen LogP contribution in [0.1, 0.15) is 43.4 Å². The van der Waals surface area contributed by atoms with Gasteiger partial charge in [-0.3, -0.25) is 4.79 Å². The molecule has 1 amide bonds. The largest absolute Gasteiger partial charge is 0.331 e. The first kappa shape index (κ1) is 20.6. The van der Waals surface area contributed by atoms with Gasteiger partial charge in [-0.1, -0.05) is 44.0 Å². The summed E-state index contributed by atoms with van der Waals surface area (Å²) in [5.41, 5.74) is 2.09. The number of carbonyl (C=O) groups is 1. The van der Waals surface area contributed by atoms with Crippen LogP contribution in [0.2, 0.25) is 10.0 Å². The molecule has 2 aromatic heterocycles. The molecule has 7 heteroatoms. The standard InChI is InChI=1S/C21H24Cl2N4O/c1-4-10-26(21(28)16-11-15(22)7-8-17(16)23)13-19-25-18-6-5-9-24-20(18)27(19)12-14(2)3/h5-9,11,14H,4,10,12-13H2,1-3H3. The molecular weight excluding hydrogens is 395 g/mol. The Labute approximate surface area is 175 Å². The van der Waals surface area contributed by atoms with Gasteiger partial charge in [0.2, 0.25) is 0 Å². The Kier molecular flexibility index (Phi) is 6.57. The monoisotopic (exact) mass is 418 g/mol. The van der Waals surface area contributed by atoms with Crippen LogP contribution in [0.25, 0.3) is 11.2 Å². The molecule has 0 N–H and O–H groups in total. The first-order chi connectivity index (χ1) is 13.4. The fraction of sp³-hybridized carbons (Fsp3) is 0.381. The molecule has 0 bridgehead atoms. The van der Waals surface area contributed by atoms with E-state index in [9.17, 15) is 4.79 Å². The van der Waals surface area contributed by atoms with Gasteiger partial charge in [-0.25, -0.2) is 9.97 Å². The number of nitrogens with zero attached hydrogens (tertiary/aromatic N) is 4. The number of aromatic nitrogens is 3. The molecule has 2 heterocycles. The number of hydrogen-bond acceptors (Lipinski definition) is 3. The predicted molar refractivity (Wildman–Crippen MR) is 114 cm³/mol. The zero-order chi connectivity index (χ0) is 20.3. The van der Waals surface area contributed by atoms with E-state index in [0.29, 0.717) is 34.6 Å². The molecule has 3 rings (SSSR count). The maximum absolute atomic E-state index is 13.2. The maximum Gasteiger partial charge on any atom is 0.255 e. The second kappa shape index (κ2) is 8.93. The topological polar surface area (TPSA) is 51.0 Å². The zero-order valence-electron chi connectivity index (χ0n) is 16.3. The van der Waals surface area contributed by atoms with E-state index in [0.717, 1.165) is 30.0 Å². The van der Waals surface area contributed by atoms with Crippen LogP contribution in [0.15, 0.2) is 36.5 Å². The fourth-order valence-electron chi connectivity index (χ4n) is 3.21. The Hall–Kier alpha value is -2.11. The summed E-state index contributed by atoms with van der Waals surface area (Å²) in [4.78, 5) is 24.2. The molecule has 28 heavy (non-hydrogen) atoms. The number of hydrogen-bond donors (Lipinski definition) is 0. The van der Waals surface area contributed by atoms with Crippen molar-refractivity contribution in [2.75, 3.05) is 6.54 Å². The van der Waals surface area contributed by atoms with Crippen molar-refractivity contribution in [3.8, 4) is 0 Å². The highest BCUT2D eigenvalue weighted by molar-refractivity contribution is 6.35. The lowest BCUT2D eigenvalue weighted by Gasteiger charge is -2.23. The first-order valence-electron chi connectivity index (χ1n) is 9.45. The van der Waals surface area contributed by atoms with Crippen LogP contribution < -0.4 is 0 Å². The fourth-order valence-corrected chi connectivity index (χ4v) is 3.58. The molecule has 0 saturated carbocycles. The van der Waals surface area contributed by atoms with Gasteiger partial charge in [-0.15, -0.1) is 0 Å². The summed E-state index contributed by atoms with van der Waals surface area (Å²) in [6.07, 6.45) is 2.60. The lowest BCUT2D eigenvalue weighted by molar-refractivity contribution is 0.0737. The molecule has 0 saturated heterocycles. The molecule has 5 nitrogen and oxygen atoms in total. The number of halogens is 2. The minimum atomic E-state index is -0.148. The van der Waals surface area contributed by atoms with Gasteiger partial charge in [-0.05, 0) is 42.7 Å². The molecule has 0 aliphatic heterocycles. The van der Waals surface area contributed by atoms with Crippen molar-refractivity contribution in [3.05, 3.63) is 58.0 Å². The van der Waals surface area contributed by atoms with Crippen LogP contribution in [0.3, 0.4) is 0 Å². The maximum atomic E-state index is 13.2. The average molecular weight is 419 g/mol. The highest BCUT2D eigenvalue weighted by Gasteiger charge is 2.22. The summed E-state index contributed by atoms with van der Waals surface area (Å²) in [5.74, 6) is 1.10. The van der Waals surface area contributed by atoms with Crippen LogP contribution in [0, 0.1) is 5.92 Å². The minimum Gasteiger partial charge on any atom is -0.331 e. The van der Waals surface area contributed by atoms with Gasteiger partial charge in [0.25, 0.3) is 5.91 Å². The smallest absolute Gasteiger partial charge is 0.255 e. The van der Waals surface area contributed by atoms with Gasteiger partial charge in [0.15, 0.2) is 5.65 Å². The van der Waals surface area contributed by atoms with Crippen LogP contribution >= 0.6 is 23.2 Å². The SMILES string of the molecule is CCCN(Cc1nc2cccnc2n1CC(C)C)C(=O)c1cc(Cl)ccc1Cl. The van der Waals surface area contributed by atoms with Crippen LogP contribution in [-0.2, 0) is 13.1 Å². The number of fused-ring (bicyclic) bond motifs is 1. The number of pyridine rings is 1. The highest BCUT2D eigenvalue weighted by Crippen LogP contribution is 2.24. The van der Waals surface area contributed by atoms with E-state index >= 15 is 0 Å².